The minimum Gasteiger partial charge on any atom is -0.490 e. The lowest BCUT2D eigenvalue weighted by Crippen LogP contribution is -2.34. The van der Waals surface area contributed by atoms with Gasteiger partial charge in [-0.2, -0.15) is 0 Å². The van der Waals surface area contributed by atoms with Crippen LogP contribution in [-0.2, 0) is 17.8 Å². The molecule has 170 valence electrons. The third kappa shape index (κ3) is 5.46. The highest BCUT2D eigenvalue weighted by atomic mass is 16.5. The van der Waals surface area contributed by atoms with Crippen LogP contribution in [0.1, 0.15) is 36.5 Å². The number of hydroxylamine groups is 1. The molecular formula is C27H29N3O3. The lowest BCUT2D eigenvalue weighted by Gasteiger charge is -2.23. The first-order valence-corrected chi connectivity index (χ1v) is 11.2. The third-order valence-corrected chi connectivity index (χ3v) is 5.84. The first-order chi connectivity index (χ1) is 16.0. The van der Waals surface area contributed by atoms with Crippen molar-refractivity contribution in [2.45, 2.75) is 32.7 Å². The quantitative estimate of drug-likeness (QED) is 0.125. The predicted octanol–water partition coefficient (Wildman–Crippen LogP) is 4.07. The molecule has 1 aromatic heterocycles. The van der Waals surface area contributed by atoms with Gasteiger partial charge in [-0.15, -0.1) is 0 Å². The molecule has 0 saturated carbocycles. The maximum Gasteiger partial charge on any atom is 0.260 e. The van der Waals surface area contributed by atoms with Gasteiger partial charge in [-0.3, -0.25) is 10.0 Å². The van der Waals surface area contributed by atoms with Crippen molar-refractivity contribution in [3.8, 4) is 17.6 Å². The topological polar surface area (TPSA) is 86.4 Å². The molecule has 3 aromatic rings. The molecular weight excluding hydrogens is 414 g/mol. The summed E-state index contributed by atoms with van der Waals surface area (Å²) in [4.78, 5) is 14.9. The number of amides is 1. The normalized spacial score (nSPS) is 16.5. The van der Waals surface area contributed by atoms with E-state index >= 15 is 0 Å². The number of rotatable bonds is 10. The fourth-order valence-electron chi connectivity index (χ4n) is 3.87. The number of fused-ring (bicyclic) bond motifs is 1. The van der Waals surface area contributed by atoms with Gasteiger partial charge in [0.2, 0.25) is 0 Å². The second-order valence-corrected chi connectivity index (χ2v) is 8.50. The Morgan fingerprint density at radius 3 is 2.70 bits per heavy atom. The Hall–Kier alpha value is -3.53. The number of ether oxygens (including phenoxy) is 1. The summed E-state index contributed by atoms with van der Waals surface area (Å²) in [6, 6.07) is 14.3. The zero-order valence-electron chi connectivity index (χ0n) is 18.9. The van der Waals surface area contributed by atoms with Crippen molar-refractivity contribution in [2.24, 2.45) is 5.92 Å². The van der Waals surface area contributed by atoms with Crippen LogP contribution in [0.2, 0.25) is 0 Å². The molecule has 4 rings (SSSR count). The van der Waals surface area contributed by atoms with E-state index in [1.165, 1.54) is 22.1 Å². The van der Waals surface area contributed by atoms with Crippen molar-refractivity contribution >= 4 is 16.8 Å². The minimum absolute atomic E-state index is 0.156. The van der Waals surface area contributed by atoms with E-state index in [1.807, 2.05) is 18.2 Å². The van der Waals surface area contributed by atoms with Crippen molar-refractivity contribution < 1.29 is 14.7 Å². The standard InChI is InChI=1S/C27H29N3O3/c1-18(2)12-14-33-22-7-10-26-25(15-22)21(17-29-26)11-13-28-16-19-3-5-20(6-4-19)23-8-9-24(23)27(31)30-32/h3-7,10,12,15,17,23-24,28-29,32H,11,13-14,16H2,1-2H3,(H,30,31). The molecule has 0 saturated heterocycles. The van der Waals surface area contributed by atoms with Crippen LogP contribution in [-0.4, -0.2) is 29.3 Å². The number of H-pyrrole nitrogens is 1. The first-order valence-electron chi connectivity index (χ1n) is 11.2. The van der Waals surface area contributed by atoms with Crippen LogP contribution < -0.4 is 15.5 Å². The van der Waals surface area contributed by atoms with Crippen molar-refractivity contribution in [3.05, 3.63) is 77.0 Å². The number of benzene rings is 2. The summed E-state index contributed by atoms with van der Waals surface area (Å²) < 4.78 is 5.85. The molecule has 0 spiro atoms. The summed E-state index contributed by atoms with van der Waals surface area (Å²) in [5.74, 6) is 5.59. The molecule has 33 heavy (non-hydrogen) atoms. The molecule has 2 unspecified atom stereocenters. The van der Waals surface area contributed by atoms with Gasteiger partial charge in [0.25, 0.3) is 5.91 Å². The van der Waals surface area contributed by atoms with Crippen LogP contribution in [0, 0.1) is 17.8 Å². The van der Waals surface area contributed by atoms with E-state index in [0.29, 0.717) is 6.61 Å². The molecule has 4 N–H and O–H groups in total. The van der Waals surface area contributed by atoms with Gasteiger partial charge in [0.05, 0.1) is 5.92 Å². The van der Waals surface area contributed by atoms with Crippen molar-refractivity contribution in [3.63, 3.8) is 0 Å². The summed E-state index contributed by atoms with van der Waals surface area (Å²) in [7, 11) is 0. The monoisotopic (exact) mass is 443 g/mol. The maximum atomic E-state index is 11.6. The van der Waals surface area contributed by atoms with Gasteiger partial charge < -0.3 is 15.0 Å². The summed E-state index contributed by atoms with van der Waals surface area (Å²) in [6.07, 6.45) is 5.05. The van der Waals surface area contributed by atoms with Gasteiger partial charge in [0, 0.05) is 23.6 Å². The fraction of sp³-hybridized carbons (Fsp3) is 0.296. The van der Waals surface area contributed by atoms with E-state index in [9.17, 15) is 4.79 Å². The number of hydrogen-bond donors (Lipinski definition) is 4. The Morgan fingerprint density at radius 2 is 2.00 bits per heavy atom. The second kappa shape index (κ2) is 10.4. The molecule has 0 aliphatic heterocycles. The van der Waals surface area contributed by atoms with Crippen molar-refractivity contribution in [1.29, 1.82) is 0 Å². The average Bonchev–Trinajstić information content (AvgIpc) is 3.19. The van der Waals surface area contributed by atoms with E-state index in [0.717, 1.165) is 36.3 Å². The molecule has 2 aromatic carbocycles. The summed E-state index contributed by atoms with van der Waals surface area (Å²) in [5.41, 5.74) is 7.47. The number of aromatic amines is 1. The predicted molar refractivity (Wildman–Crippen MR) is 129 cm³/mol. The van der Waals surface area contributed by atoms with Gasteiger partial charge in [0.1, 0.15) is 18.3 Å². The maximum absolute atomic E-state index is 11.6. The highest BCUT2D eigenvalue weighted by Crippen LogP contribution is 2.30. The molecule has 0 bridgehead atoms. The average molecular weight is 444 g/mol. The molecule has 0 fully saturated rings. The smallest absolute Gasteiger partial charge is 0.260 e. The molecule has 1 heterocycles. The SMILES string of the molecule is CC(C)=CCOc1ccc2[nH]cc(CCNCc3ccc(C4C#CC4C(=O)NO)cc3)c2c1. The summed E-state index contributed by atoms with van der Waals surface area (Å²) in [5, 5.41) is 13.5. The first kappa shape index (κ1) is 22.7. The Bertz CT molecular complexity index is 1210. The summed E-state index contributed by atoms with van der Waals surface area (Å²) >= 11 is 0. The van der Waals surface area contributed by atoms with Gasteiger partial charge in [-0.1, -0.05) is 41.7 Å². The molecule has 1 aliphatic rings. The van der Waals surface area contributed by atoms with Crippen LogP contribution in [0.25, 0.3) is 10.9 Å². The Labute approximate surface area is 194 Å². The third-order valence-electron chi connectivity index (χ3n) is 5.84. The highest BCUT2D eigenvalue weighted by Gasteiger charge is 2.31. The van der Waals surface area contributed by atoms with Gasteiger partial charge in [-0.05, 0) is 67.8 Å². The number of nitrogens with one attached hydrogen (secondary N) is 3. The Morgan fingerprint density at radius 1 is 1.18 bits per heavy atom. The van der Waals surface area contributed by atoms with Crippen LogP contribution in [0.4, 0.5) is 0 Å². The molecule has 2 atom stereocenters. The lowest BCUT2D eigenvalue weighted by atomic mass is 9.79. The Kier molecular flexibility index (Phi) is 7.13. The number of allylic oxidation sites excluding steroid dienone is 1. The number of carbonyl (C=O) groups is 1. The molecule has 1 aliphatic carbocycles. The zero-order valence-corrected chi connectivity index (χ0v) is 18.9. The van der Waals surface area contributed by atoms with E-state index in [4.69, 9.17) is 9.94 Å². The lowest BCUT2D eigenvalue weighted by molar-refractivity contribution is -0.132. The van der Waals surface area contributed by atoms with Crippen molar-refractivity contribution in [1.82, 2.24) is 15.8 Å². The van der Waals surface area contributed by atoms with Gasteiger partial charge in [0.15, 0.2) is 0 Å². The minimum atomic E-state index is -0.478. The number of carbonyl (C=O) groups excluding carboxylic acids is 1. The van der Waals surface area contributed by atoms with Crippen LogP contribution in [0.15, 0.2) is 60.3 Å². The van der Waals surface area contributed by atoms with Crippen LogP contribution in [0.5, 0.6) is 5.75 Å². The second-order valence-electron chi connectivity index (χ2n) is 8.50. The number of hydrogen-bond acceptors (Lipinski definition) is 4. The van der Waals surface area contributed by atoms with E-state index in [2.05, 4.69) is 72.5 Å². The molecule has 0 radical (unpaired) electrons. The fourth-order valence-corrected chi connectivity index (χ4v) is 3.87. The van der Waals surface area contributed by atoms with Crippen LogP contribution >= 0.6 is 0 Å². The summed E-state index contributed by atoms with van der Waals surface area (Å²) in [6.45, 7) is 6.32. The van der Waals surface area contributed by atoms with Crippen LogP contribution in [0.3, 0.4) is 0 Å². The highest BCUT2D eigenvalue weighted by molar-refractivity contribution is 5.85. The van der Waals surface area contributed by atoms with E-state index < -0.39 is 11.8 Å². The molecule has 6 heteroatoms. The zero-order chi connectivity index (χ0) is 23.2. The van der Waals surface area contributed by atoms with E-state index in [-0.39, 0.29) is 5.92 Å². The number of aromatic nitrogens is 1. The van der Waals surface area contributed by atoms with Gasteiger partial charge >= 0.3 is 0 Å². The van der Waals surface area contributed by atoms with Crippen molar-refractivity contribution in [2.75, 3.05) is 13.2 Å². The van der Waals surface area contributed by atoms with Gasteiger partial charge in [-0.25, -0.2) is 5.48 Å². The molecule has 6 nitrogen and oxygen atoms in total. The molecule has 1 amide bonds. The van der Waals surface area contributed by atoms with E-state index in [1.54, 1.807) is 5.48 Å². The largest absolute Gasteiger partial charge is 0.490 e. The Balaban J connectivity index is 1.28.